The van der Waals surface area contributed by atoms with Gasteiger partial charge in [0.25, 0.3) is 5.91 Å². The van der Waals surface area contributed by atoms with Crippen LogP contribution >= 0.6 is 0 Å². The predicted molar refractivity (Wildman–Crippen MR) is 114 cm³/mol. The highest BCUT2D eigenvalue weighted by atomic mass is 16.5. The summed E-state index contributed by atoms with van der Waals surface area (Å²) in [7, 11) is 3.01. The first-order valence-electron chi connectivity index (χ1n) is 9.54. The van der Waals surface area contributed by atoms with Gasteiger partial charge in [-0.3, -0.25) is 4.79 Å². The van der Waals surface area contributed by atoms with Crippen molar-refractivity contribution < 1.29 is 18.8 Å². The molecule has 0 saturated heterocycles. The first-order chi connectivity index (χ1) is 15.2. The summed E-state index contributed by atoms with van der Waals surface area (Å²) in [6.45, 7) is 0. The van der Waals surface area contributed by atoms with E-state index < -0.39 is 0 Å². The number of carbonyl (C=O) groups excluding carboxylic acids is 1. The Morgan fingerprint density at radius 3 is 2.16 bits per heavy atom. The molecule has 0 bridgehead atoms. The molecule has 0 saturated carbocycles. The Kier molecular flexibility index (Phi) is 5.89. The number of hydrogen-bond donors (Lipinski definition) is 1. The van der Waals surface area contributed by atoms with E-state index in [-0.39, 0.29) is 12.3 Å². The molecule has 2 aromatic carbocycles. The van der Waals surface area contributed by atoms with Crippen molar-refractivity contribution in [1.29, 1.82) is 0 Å². The minimum Gasteiger partial charge on any atom is -0.481 e. The zero-order chi connectivity index (χ0) is 21.6. The fraction of sp³-hybridized carbons (Fsp3) is 0.130. The molecule has 8 nitrogen and oxygen atoms in total. The van der Waals surface area contributed by atoms with Gasteiger partial charge in [0.05, 0.1) is 26.7 Å². The molecule has 0 fully saturated rings. The summed E-state index contributed by atoms with van der Waals surface area (Å²) in [6.07, 6.45) is 0.130. The summed E-state index contributed by atoms with van der Waals surface area (Å²) in [5, 5.41) is 7.07. The molecule has 0 aliphatic heterocycles. The largest absolute Gasteiger partial charge is 0.481 e. The monoisotopic (exact) mass is 416 g/mol. The molecule has 2 aromatic heterocycles. The molecule has 0 atom stereocenters. The Hall–Kier alpha value is -4.20. The molecule has 0 aliphatic rings. The van der Waals surface area contributed by atoms with Crippen molar-refractivity contribution in [2.45, 2.75) is 6.42 Å². The molecular weight excluding hydrogens is 396 g/mol. The van der Waals surface area contributed by atoms with Crippen LogP contribution in [0.3, 0.4) is 0 Å². The second-order valence-corrected chi connectivity index (χ2v) is 6.56. The maximum absolute atomic E-state index is 13.2. The van der Waals surface area contributed by atoms with Crippen LogP contribution in [0.25, 0.3) is 11.3 Å². The van der Waals surface area contributed by atoms with E-state index >= 15 is 0 Å². The molecule has 2 heterocycles. The van der Waals surface area contributed by atoms with Gasteiger partial charge in [0.1, 0.15) is 17.1 Å². The number of carbonyl (C=O) groups is 1. The van der Waals surface area contributed by atoms with Crippen LogP contribution < -0.4 is 14.8 Å². The summed E-state index contributed by atoms with van der Waals surface area (Å²) in [5.41, 5.74) is 2.19. The van der Waals surface area contributed by atoms with E-state index in [1.54, 1.807) is 6.07 Å². The van der Waals surface area contributed by atoms with E-state index in [0.717, 1.165) is 5.56 Å². The zero-order valence-electron chi connectivity index (χ0n) is 17.0. The number of anilines is 1. The Balaban J connectivity index is 1.74. The summed E-state index contributed by atoms with van der Waals surface area (Å²) < 4.78 is 16.0. The molecule has 0 aliphatic carbocycles. The summed E-state index contributed by atoms with van der Waals surface area (Å²) in [6, 6.07) is 20.1. The van der Waals surface area contributed by atoms with Gasteiger partial charge in [0, 0.05) is 11.3 Å². The smallest absolute Gasteiger partial charge is 0.261 e. The number of methoxy groups -OCH3 is 2. The van der Waals surface area contributed by atoms with E-state index in [0.29, 0.717) is 40.3 Å². The molecule has 0 unspecified atom stereocenters. The van der Waals surface area contributed by atoms with Crippen LogP contribution in [0.1, 0.15) is 21.9 Å². The normalized spacial score (nSPS) is 10.5. The zero-order valence-corrected chi connectivity index (χ0v) is 17.0. The van der Waals surface area contributed by atoms with Crippen molar-refractivity contribution in [3.05, 3.63) is 83.9 Å². The maximum atomic E-state index is 13.2. The second kappa shape index (κ2) is 9.08. The molecule has 0 radical (unpaired) electrons. The van der Waals surface area contributed by atoms with Crippen LogP contribution in [-0.4, -0.2) is 35.3 Å². The highest BCUT2D eigenvalue weighted by molar-refractivity contribution is 6.08. The van der Waals surface area contributed by atoms with E-state index in [2.05, 4.69) is 20.4 Å². The third-order valence-corrected chi connectivity index (χ3v) is 4.53. The van der Waals surface area contributed by atoms with Crippen molar-refractivity contribution in [2.75, 3.05) is 19.5 Å². The van der Waals surface area contributed by atoms with Crippen molar-refractivity contribution in [3.8, 4) is 23.0 Å². The first-order valence-corrected chi connectivity index (χ1v) is 9.54. The van der Waals surface area contributed by atoms with E-state index in [4.69, 9.17) is 14.0 Å². The molecule has 8 heteroatoms. The number of hydrogen-bond acceptors (Lipinski definition) is 7. The van der Waals surface area contributed by atoms with E-state index in [1.807, 2.05) is 60.7 Å². The quantitative estimate of drug-likeness (QED) is 0.486. The molecule has 4 aromatic rings. The molecule has 156 valence electrons. The number of rotatable bonds is 7. The van der Waals surface area contributed by atoms with Gasteiger partial charge in [-0.2, -0.15) is 9.97 Å². The maximum Gasteiger partial charge on any atom is 0.261 e. The lowest BCUT2D eigenvalue weighted by Gasteiger charge is -2.08. The van der Waals surface area contributed by atoms with Crippen LogP contribution in [0.2, 0.25) is 0 Å². The minimum absolute atomic E-state index is 0.130. The van der Waals surface area contributed by atoms with Gasteiger partial charge >= 0.3 is 0 Å². The van der Waals surface area contributed by atoms with Gasteiger partial charge in [0.2, 0.25) is 11.8 Å². The first kappa shape index (κ1) is 20.1. The lowest BCUT2D eigenvalue weighted by Crippen LogP contribution is -2.14. The van der Waals surface area contributed by atoms with Gasteiger partial charge in [0.15, 0.2) is 5.76 Å². The van der Waals surface area contributed by atoms with Gasteiger partial charge in [-0.1, -0.05) is 53.7 Å². The number of nitrogens with one attached hydrogen (secondary N) is 1. The minimum atomic E-state index is -0.337. The molecule has 1 amide bonds. The van der Waals surface area contributed by atoms with Gasteiger partial charge in [-0.25, -0.2) is 0 Å². The number of aromatic nitrogens is 3. The number of amides is 1. The van der Waals surface area contributed by atoms with Gasteiger partial charge in [-0.05, 0) is 12.1 Å². The standard InChI is InChI=1S/C23H20N4O4/c1-29-19-14-20(30-2)26-18(25-19)13-17-21(23(28)24-16-11-7-4-8-12-16)22(27-31-17)15-9-5-3-6-10-15/h3-12,14H,13H2,1-2H3,(H,24,28). The Morgan fingerprint density at radius 2 is 1.55 bits per heavy atom. The molecule has 4 rings (SSSR count). The van der Waals surface area contributed by atoms with Crippen molar-refractivity contribution in [3.63, 3.8) is 0 Å². The fourth-order valence-corrected chi connectivity index (χ4v) is 3.07. The highest BCUT2D eigenvalue weighted by Crippen LogP contribution is 2.28. The van der Waals surface area contributed by atoms with Crippen LogP contribution in [0.15, 0.2) is 71.3 Å². The molecular formula is C23H20N4O4. The van der Waals surface area contributed by atoms with E-state index in [9.17, 15) is 4.79 Å². The average Bonchev–Trinajstić information content (AvgIpc) is 3.23. The fourth-order valence-electron chi connectivity index (χ4n) is 3.07. The van der Waals surface area contributed by atoms with Crippen LogP contribution in [0, 0.1) is 0 Å². The van der Waals surface area contributed by atoms with Crippen LogP contribution in [0.4, 0.5) is 5.69 Å². The summed E-state index contributed by atoms with van der Waals surface area (Å²) in [4.78, 5) is 21.9. The lowest BCUT2D eigenvalue weighted by atomic mass is 10.0. The average molecular weight is 416 g/mol. The number of para-hydroxylation sites is 1. The number of benzene rings is 2. The molecule has 31 heavy (non-hydrogen) atoms. The SMILES string of the molecule is COc1cc(OC)nc(Cc2onc(-c3ccccc3)c2C(=O)Nc2ccccc2)n1. The predicted octanol–water partition coefficient (Wildman–Crippen LogP) is 3.99. The van der Waals surface area contributed by atoms with Crippen LogP contribution in [-0.2, 0) is 6.42 Å². The third-order valence-electron chi connectivity index (χ3n) is 4.53. The van der Waals surface area contributed by atoms with Crippen molar-refractivity contribution >= 4 is 11.6 Å². The topological polar surface area (TPSA) is 99.4 Å². The summed E-state index contributed by atoms with van der Waals surface area (Å²) >= 11 is 0. The third kappa shape index (κ3) is 4.53. The van der Waals surface area contributed by atoms with Crippen molar-refractivity contribution in [1.82, 2.24) is 15.1 Å². The molecule has 1 N–H and O–H groups in total. The Bertz CT molecular complexity index is 1150. The summed E-state index contributed by atoms with van der Waals surface area (Å²) in [5.74, 6) is 1.07. The lowest BCUT2D eigenvalue weighted by molar-refractivity contribution is 0.102. The highest BCUT2D eigenvalue weighted by Gasteiger charge is 2.25. The van der Waals surface area contributed by atoms with Crippen LogP contribution in [0.5, 0.6) is 11.8 Å². The second-order valence-electron chi connectivity index (χ2n) is 6.56. The number of ether oxygens (including phenoxy) is 2. The van der Waals surface area contributed by atoms with Gasteiger partial charge in [-0.15, -0.1) is 0 Å². The Labute approximate surface area is 178 Å². The van der Waals surface area contributed by atoms with Gasteiger partial charge < -0.3 is 19.3 Å². The van der Waals surface area contributed by atoms with Crippen molar-refractivity contribution in [2.24, 2.45) is 0 Å². The number of nitrogens with zero attached hydrogens (tertiary/aromatic N) is 3. The molecule has 0 spiro atoms. The van der Waals surface area contributed by atoms with E-state index in [1.165, 1.54) is 14.2 Å². The Morgan fingerprint density at radius 1 is 0.935 bits per heavy atom.